The number of hydrogen-bond donors (Lipinski definition) is 4. The van der Waals surface area contributed by atoms with E-state index in [9.17, 15) is 19.5 Å². The summed E-state index contributed by atoms with van der Waals surface area (Å²) in [4.78, 5) is 43.1. The standard InChI is InChI=1S/C24H35N5O6/c1-34-18-12-17(13-19(14-18)35-2)20(15-22(31)32)28-23(33)16-5-10-29(11-6-16)21(30)4-3-7-25-24-26-8-9-27-24/h12-14,16,20H,3-11,15H2,1-2H3,(H,28,33)(H,31,32)(H2,25,26,27). The molecule has 192 valence electrons. The smallest absolute Gasteiger partial charge is 0.305 e. The average Bonchev–Trinajstić information content (AvgIpc) is 3.39. The zero-order valence-corrected chi connectivity index (χ0v) is 20.3. The van der Waals surface area contributed by atoms with Crippen molar-refractivity contribution in [3.8, 4) is 11.5 Å². The first-order valence-corrected chi connectivity index (χ1v) is 11.9. The Balaban J connectivity index is 1.49. The number of guanidine groups is 1. The van der Waals surface area contributed by atoms with Crippen LogP contribution in [0.4, 0.5) is 0 Å². The molecule has 0 aromatic heterocycles. The summed E-state index contributed by atoms with van der Waals surface area (Å²) >= 11 is 0. The van der Waals surface area contributed by atoms with Gasteiger partial charge in [-0.25, -0.2) is 0 Å². The highest BCUT2D eigenvalue weighted by atomic mass is 16.5. The molecule has 1 aromatic carbocycles. The predicted octanol–water partition coefficient (Wildman–Crippen LogP) is 0.903. The van der Waals surface area contributed by atoms with E-state index in [1.807, 2.05) is 0 Å². The number of hydrogen-bond acceptors (Lipinski definition) is 8. The molecule has 1 saturated heterocycles. The molecule has 1 fully saturated rings. The molecule has 3 rings (SSSR count). The largest absolute Gasteiger partial charge is 0.497 e. The van der Waals surface area contributed by atoms with Crippen LogP contribution >= 0.6 is 0 Å². The second-order valence-electron chi connectivity index (χ2n) is 8.65. The Morgan fingerprint density at radius 3 is 2.43 bits per heavy atom. The monoisotopic (exact) mass is 489 g/mol. The number of amides is 2. The van der Waals surface area contributed by atoms with Gasteiger partial charge in [-0.2, -0.15) is 0 Å². The first kappa shape index (κ1) is 26.1. The van der Waals surface area contributed by atoms with Crippen molar-refractivity contribution in [3.05, 3.63) is 23.8 Å². The van der Waals surface area contributed by atoms with Crippen LogP contribution in [0.25, 0.3) is 0 Å². The Kier molecular flexibility index (Phi) is 9.56. The van der Waals surface area contributed by atoms with Gasteiger partial charge in [-0.1, -0.05) is 0 Å². The molecule has 2 aliphatic rings. The lowest BCUT2D eigenvalue weighted by Crippen LogP contribution is -2.44. The van der Waals surface area contributed by atoms with E-state index < -0.39 is 12.0 Å². The van der Waals surface area contributed by atoms with Crippen LogP contribution in [0.3, 0.4) is 0 Å². The Hall–Kier alpha value is -3.50. The van der Waals surface area contributed by atoms with Gasteiger partial charge < -0.3 is 35.4 Å². The number of carbonyl (C=O) groups excluding carboxylic acids is 2. The van der Waals surface area contributed by atoms with E-state index in [4.69, 9.17) is 9.47 Å². The van der Waals surface area contributed by atoms with Crippen molar-refractivity contribution in [2.45, 2.75) is 38.1 Å². The molecule has 1 unspecified atom stereocenters. The van der Waals surface area contributed by atoms with Gasteiger partial charge in [-0.3, -0.25) is 19.4 Å². The van der Waals surface area contributed by atoms with Gasteiger partial charge in [0.15, 0.2) is 5.96 Å². The minimum absolute atomic E-state index is 0.0826. The summed E-state index contributed by atoms with van der Waals surface area (Å²) in [5.74, 6) is 0.381. The molecule has 0 radical (unpaired) electrons. The van der Waals surface area contributed by atoms with Gasteiger partial charge in [-0.05, 0) is 37.0 Å². The summed E-state index contributed by atoms with van der Waals surface area (Å²) in [5.41, 5.74) is 0.594. The maximum Gasteiger partial charge on any atom is 0.305 e. The van der Waals surface area contributed by atoms with Crippen molar-refractivity contribution >= 4 is 23.7 Å². The summed E-state index contributed by atoms with van der Waals surface area (Å²) in [6.45, 7) is 3.31. The van der Waals surface area contributed by atoms with Crippen LogP contribution in [0, 0.1) is 5.92 Å². The zero-order chi connectivity index (χ0) is 25.2. The van der Waals surface area contributed by atoms with Crippen LogP contribution < -0.4 is 25.4 Å². The topological polar surface area (TPSA) is 142 Å². The van der Waals surface area contributed by atoms with Crippen LogP contribution in [0.5, 0.6) is 11.5 Å². The highest BCUT2D eigenvalue weighted by Crippen LogP contribution is 2.29. The molecule has 0 bridgehead atoms. The number of benzene rings is 1. The summed E-state index contributed by atoms with van der Waals surface area (Å²) in [6.07, 6.45) is 1.96. The lowest BCUT2D eigenvalue weighted by Gasteiger charge is -2.32. The molecule has 0 saturated carbocycles. The fourth-order valence-electron chi connectivity index (χ4n) is 4.26. The molecule has 2 heterocycles. The van der Waals surface area contributed by atoms with Crippen molar-refractivity contribution in [2.24, 2.45) is 10.9 Å². The van der Waals surface area contributed by atoms with Gasteiger partial charge in [0.25, 0.3) is 0 Å². The minimum Gasteiger partial charge on any atom is -0.497 e. The normalized spacial score (nSPS) is 16.6. The van der Waals surface area contributed by atoms with Crippen LogP contribution in [0.1, 0.15) is 43.7 Å². The number of methoxy groups -OCH3 is 2. The van der Waals surface area contributed by atoms with Crippen molar-refractivity contribution in [3.63, 3.8) is 0 Å². The molecule has 0 aliphatic carbocycles. The number of nitrogens with one attached hydrogen (secondary N) is 3. The summed E-state index contributed by atoms with van der Waals surface area (Å²) < 4.78 is 10.6. The van der Waals surface area contributed by atoms with Crippen LogP contribution in [-0.4, -0.2) is 80.7 Å². The number of carboxylic acids is 1. The molecule has 1 aromatic rings. The van der Waals surface area contributed by atoms with E-state index in [1.54, 1.807) is 23.1 Å². The number of aliphatic carboxylic acids is 1. The molecular formula is C24H35N5O6. The number of aliphatic imine (C=N–C) groups is 1. The van der Waals surface area contributed by atoms with E-state index in [0.717, 1.165) is 19.0 Å². The lowest BCUT2D eigenvalue weighted by atomic mass is 9.94. The van der Waals surface area contributed by atoms with Gasteiger partial charge in [-0.15, -0.1) is 0 Å². The number of ether oxygens (including phenoxy) is 2. The molecule has 2 aliphatic heterocycles. The molecule has 35 heavy (non-hydrogen) atoms. The average molecular weight is 490 g/mol. The van der Waals surface area contributed by atoms with Crippen LogP contribution in [0.15, 0.2) is 23.2 Å². The van der Waals surface area contributed by atoms with Crippen molar-refractivity contribution in [1.82, 2.24) is 20.9 Å². The number of nitrogens with zero attached hydrogens (tertiary/aromatic N) is 2. The van der Waals surface area contributed by atoms with E-state index in [-0.39, 0.29) is 24.2 Å². The SMILES string of the molecule is COc1cc(OC)cc(C(CC(=O)O)NC(=O)C2CCN(C(=O)CCCNC3=NCCN3)CC2)c1. The number of carbonyl (C=O) groups is 3. The molecular weight excluding hydrogens is 454 g/mol. The Bertz CT molecular complexity index is 907. The van der Waals surface area contributed by atoms with E-state index in [2.05, 4.69) is 20.9 Å². The van der Waals surface area contributed by atoms with E-state index in [1.165, 1.54) is 14.2 Å². The van der Waals surface area contributed by atoms with Crippen LogP contribution in [-0.2, 0) is 14.4 Å². The first-order valence-electron chi connectivity index (χ1n) is 11.9. The second-order valence-corrected chi connectivity index (χ2v) is 8.65. The first-order chi connectivity index (χ1) is 16.9. The summed E-state index contributed by atoms with van der Waals surface area (Å²) in [5, 5.41) is 18.6. The number of piperidine rings is 1. The molecule has 11 nitrogen and oxygen atoms in total. The Morgan fingerprint density at radius 2 is 1.86 bits per heavy atom. The lowest BCUT2D eigenvalue weighted by molar-refractivity contribution is -0.139. The van der Waals surface area contributed by atoms with Crippen molar-refractivity contribution in [2.75, 3.05) is 46.9 Å². The van der Waals surface area contributed by atoms with Crippen LogP contribution in [0.2, 0.25) is 0 Å². The fourth-order valence-corrected chi connectivity index (χ4v) is 4.26. The Morgan fingerprint density at radius 1 is 1.17 bits per heavy atom. The molecule has 11 heteroatoms. The highest BCUT2D eigenvalue weighted by Gasteiger charge is 2.29. The second kappa shape index (κ2) is 12.8. The number of likely N-dealkylation sites (tertiary alicyclic amines) is 1. The highest BCUT2D eigenvalue weighted by molar-refractivity contribution is 5.82. The quantitative estimate of drug-likeness (QED) is 0.336. The van der Waals surface area contributed by atoms with E-state index >= 15 is 0 Å². The van der Waals surface area contributed by atoms with Gasteiger partial charge in [0, 0.05) is 44.6 Å². The third kappa shape index (κ3) is 7.76. The third-order valence-electron chi connectivity index (χ3n) is 6.22. The Labute approximate surface area is 205 Å². The van der Waals surface area contributed by atoms with Gasteiger partial charge in [0.2, 0.25) is 11.8 Å². The summed E-state index contributed by atoms with van der Waals surface area (Å²) in [6, 6.07) is 4.35. The number of carboxylic acid groups (broad SMARTS) is 1. The maximum absolute atomic E-state index is 13.0. The fraction of sp³-hybridized carbons (Fsp3) is 0.583. The molecule has 1 atom stereocenters. The molecule has 0 spiro atoms. The van der Waals surface area contributed by atoms with Gasteiger partial charge in [0.05, 0.1) is 33.2 Å². The van der Waals surface area contributed by atoms with Crippen molar-refractivity contribution in [1.29, 1.82) is 0 Å². The minimum atomic E-state index is -1.03. The molecule has 2 amide bonds. The van der Waals surface area contributed by atoms with Gasteiger partial charge in [0.1, 0.15) is 11.5 Å². The predicted molar refractivity (Wildman–Crippen MR) is 130 cm³/mol. The third-order valence-corrected chi connectivity index (χ3v) is 6.22. The number of rotatable bonds is 11. The maximum atomic E-state index is 13.0. The van der Waals surface area contributed by atoms with Crippen molar-refractivity contribution < 1.29 is 29.0 Å². The zero-order valence-electron chi connectivity index (χ0n) is 20.3. The van der Waals surface area contributed by atoms with Gasteiger partial charge >= 0.3 is 5.97 Å². The van der Waals surface area contributed by atoms with E-state index in [0.29, 0.717) is 62.4 Å². The summed E-state index contributed by atoms with van der Waals surface area (Å²) in [7, 11) is 3.02. The molecule has 4 N–H and O–H groups in total.